The van der Waals surface area contributed by atoms with Crippen LogP contribution in [0.5, 0.6) is 11.5 Å². The smallest absolute Gasteiger partial charge is 0.305 e. The van der Waals surface area contributed by atoms with E-state index in [1.165, 1.54) is 19.2 Å². The van der Waals surface area contributed by atoms with Crippen LogP contribution in [0.15, 0.2) is 17.2 Å². The molecule has 0 aliphatic heterocycles. The topological polar surface area (TPSA) is 174 Å². The maximum absolute atomic E-state index is 11.6. The second-order valence-corrected chi connectivity index (χ2v) is 5.76. The third-order valence-corrected chi connectivity index (χ3v) is 3.69. The van der Waals surface area contributed by atoms with Gasteiger partial charge in [0.25, 0.3) is 5.69 Å². The van der Waals surface area contributed by atoms with E-state index in [9.17, 15) is 19.7 Å². The fraction of sp³-hybridized carbons (Fsp3) is 0.529. The van der Waals surface area contributed by atoms with E-state index in [1.807, 2.05) is 0 Å². The van der Waals surface area contributed by atoms with Crippen LogP contribution in [0, 0.1) is 10.1 Å². The van der Waals surface area contributed by atoms with Crippen LogP contribution in [0.3, 0.4) is 0 Å². The highest BCUT2D eigenvalue weighted by atomic mass is 16.6. The number of carboxylic acid groups (broad SMARTS) is 1. The lowest BCUT2D eigenvalue weighted by molar-refractivity contribution is -0.385. The summed E-state index contributed by atoms with van der Waals surface area (Å²) in [5, 5.41) is 23.3. The van der Waals surface area contributed by atoms with Crippen LogP contribution in [-0.4, -0.2) is 48.8 Å². The first-order chi connectivity index (χ1) is 13.9. The number of esters is 1. The normalized spacial score (nSPS) is 9.97. The summed E-state index contributed by atoms with van der Waals surface area (Å²) in [7, 11) is 1.37. The van der Waals surface area contributed by atoms with Crippen molar-refractivity contribution in [3.05, 3.63) is 38.3 Å². The van der Waals surface area contributed by atoms with E-state index < -0.39 is 16.9 Å². The predicted octanol–water partition coefficient (Wildman–Crippen LogP) is 3.02. The minimum Gasteiger partial charge on any atom is -0.493 e. The van der Waals surface area contributed by atoms with Gasteiger partial charge in [-0.2, -0.15) is 0 Å². The third-order valence-electron chi connectivity index (χ3n) is 3.69. The number of carboxylic acids is 1. The molecule has 12 nitrogen and oxygen atoms in total. The van der Waals surface area contributed by atoms with Crippen molar-refractivity contribution in [2.75, 3.05) is 26.9 Å². The molecule has 12 heteroatoms. The third kappa shape index (κ3) is 8.80. The maximum atomic E-state index is 11.6. The number of nitro groups is 1. The Morgan fingerprint density at radius 1 is 1.24 bits per heavy atom. The van der Waals surface area contributed by atoms with Gasteiger partial charge in [-0.3, -0.25) is 19.7 Å². The molecular weight excluding hydrogens is 388 g/mol. The van der Waals surface area contributed by atoms with Gasteiger partial charge in [0.15, 0.2) is 11.5 Å². The molecule has 0 amide bonds. The minimum atomic E-state index is -0.964. The van der Waals surface area contributed by atoms with E-state index in [1.54, 1.807) is 0 Å². The first-order valence-corrected chi connectivity index (χ1v) is 8.75. The number of nitro benzene ring substituents is 1. The van der Waals surface area contributed by atoms with Crippen molar-refractivity contribution in [2.45, 2.75) is 32.1 Å². The van der Waals surface area contributed by atoms with E-state index in [2.05, 4.69) is 10.0 Å². The largest absolute Gasteiger partial charge is 0.493 e. The van der Waals surface area contributed by atoms with Crippen molar-refractivity contribution in [1.29, 1.82) is 0 Å². The van der Waals surface area contributed by atoms with Gasteiger partial charge in [0.05, 0.1) is 31.3 Å². The van der Waals surface area contributed by atoms with Crippen LogP contribution in [0.4, 0.5) is 5.69 Å². The molecule has 1 rings (SSSR count). The number of hydrogen-bond acceptors (Lipinski definition) is 8. The Morgan fingerprint density at radius 3 is 2.62 bits per heavy atom. The molecule has 158 valence electrons. The molecule has 0 saturated heterocycles. The zero-order chi connectivity index (χ0) is 21.6. The van der Waals surface area contributed by atoms with Crippen LogP contribution in [0.25, 0.3) is 10.4 Å². The highest BCUT2D eigenvalue weighted by Gasteiger charge is 2.20. The molecule has 0 aliphatic carbocycles. The summed E-state index contributed by atoms with van der Waals surface area (Å²) in [6.07, 6.45) is 0.673. The van der Waals surface area contributed by atoms with E-state index in [4.69, 9.17) is 24.8 Å². The van der Waals surface area contributed by atoms with Crippen molar-refractivity contribution in [1.82, 2.24) is 0 Å². The number of aliphatic carboxylic acids is 1. The molecule has 0 spiro atoms. The van der Waals surface area contributed by atoms with E-state index in [-0.39, 0.29) is 62.6 Å². The Kier molecular flexibility index (Phi) is 10.4. The zero-order valence-electron chi connectivity index (χ0n) is 15.9. The van der Waals surface area contributed by atoms with Gasteiger partial charge in [-0.15, -0.1) is 0 Å². The molecule has 0 saturated carbocycles. The number of azide groups is 1. The summed E-state index contributed by atoms with van der Waals surface area (Å²) in [5.41, 5.74) is 8.23. The quantitative estimate of drug-likeness (QED) is 0.0925. The molecule has 1 N–H and O–H groups in total. The molecule has 0 unspecified atom stereocenters. The van der Waals surface area contributed by atoms with Gasteiger partial charge >= 0.3 is 11.9 Å². The first-order valence-electron chi connectivity index (χ1n) is 8.75. The van der Waals surface area contributed by atoms with Crippen LogP contribution >= 0.6 is 0 Å². The van der Waals surface area contributed by atoms with Crippen molar-refractivity contribution < 1.29 is 33.8 Å². The first kappa shape index (κ1) is 23.5. The molecule has 1 aromatic carbocycles. The number of hydrogen-bond donors (Lipinski definition) is 1. The zero-order valence-corrected chi connectivity index (χ0v) is 15.9. The maximum Gasteiger partial charge on any atom is 0.305 e. The van der Waals surface area contributed by atoms with Crippen LogP contribution < -0.4 is 9.47 Å². The molecule has 0 atom stereocenters. The fourth-order valence-electron chi connectivity index (χ4n) is 2.33. The lowest BCUT2D eigenvalue weighted by Crippen LogP contribution is -2.09. The van der Waals surface area contributed by atoms with E-state index in [0.717, 1.165) is 0 Å². The highest BCUT2D eigenvalue weighted by molar-refractivity contribution is 5.69. The fourth-order valence-corrected chi connectivity index (χ4v) is 2.33. The molecule has 1 aromatic rings. The monoisotopic (exact) mass is 410 g/mol. The van der Waals surface area contributed by atoms with Crippen molar-refractivity contribution in [2.24, 2.45) is 5.11 Å². The lowest BCUT2D eigenvalue weighted by Gasteiger charge is -2.13. The SMILES string of the molecule is COc1cc(CCOC(=O)CCCN=[N+]=[N-])c([N+](=O)[O-])cc1OCCCC(=O)O. The Bertz CT molecular complexity index is 777. The van der Waals surface area contributed by atoms with Gasteiger partial charge < -0.3 is 19.3 Å². The average molecular weight is 410 g/mol. The highest BCUT2D eigenvalue weighted by Crippen LogP contribution is 2.35. The molecule has 0 bridgehead atoms. The number of carbonyl (C=O) groups is 2. The Hall–Kier alpha value is -3.53. The van der Waals surface area contributed by atoms with E-state index >= 15 is 0 Å². The molecular formula is C17H22N4O8. The van der Waals surface area contributed by atoms with Gasteiger partial charge in [0.1, 0.15) is 0 Å². The number of benzene rings is 1. The molecule has 0 fully saturated rings. The number of rotatable bonds is 14. The van der Waals surface area contributed by atoms with Gasteiger partial charge in [-0.25, -0.2) is 0 Å². The summed E-state index contributed by atoms with van der Waals surface area (Å²) < 4.78 is 15.7. The predicted molar refractivity (Wildman–Crippen MR) is 99.9 cm³/mol. The molecule has 0 radical (unpaired) electrons. The summed E-state index contributed by atoms with van der Waals surface area (Å²) in [6.45, 7) is 0.179. The van der Waals surface area contributed by atoms with Crippen LogP contribution in [0.1, 0.15) is 31.2 Å². The minimum absolute atomic E-state index is 0.0621. The molecule has 0 aromatic heterocycles. The molecule has 0 aliphatic rings. The average Bonchev–Trinajstić information content (AvgIpc) is 2.68. The van der Waals surface area contributed by atoms with Gasteiger partial charge in [0.2, 0.25) is 0 Å². The van der Waals surface area contributed by atoms with Gasteiger partial charge in [-0.05, 0) is 24.4 Å². The van der Waals surface area contributed by atoms with Crippen LogP contribution in [-0.2, 0) is 20.7 Å². The van der Waals surface area contributed by atoms with E-state index in [0.29, 0.717) is 12.0 Å². The van der Waals surface area contributed by atoms with Crippen molar-refractivity contribution in [3.8, 4) is 11.5 Å². The molecule has 29 heavy (non-hydrogen) atoms. The number of nitrogens with zero attached hydrogens (tertiary/aromatic N) is 4. The summed E-state index contributed by atoms with van der Waals surface area (Å²) in [6, 6.07) is 2.64. The Labute approximate surface area is 166 Å². The molecule has 0 heterocycles. The lowest BCUT2D eigenvalue weighted by atomic mass is 10.1. The van der Waals surface area contributed by atoms with Gasteiger partial charge in [0, 0.05) is 36.3 Å². The summed E-state index contributed by atoms with van der Waals surface area (Å²) in [5.74, 6) is -1.08. The van der Waals surface area contributed by atoms with Crippen molar-refractivity contribution >= 4 is 17.6 Å². The number of carbonyl (C=O) groups excluding carboxylic acids is 1. The summed E-state index contributed by atoms with van der Waals surface area (Å²) >= 11 is 0. The second kappa shape index (κ2) is 12.8. The number of ether oxygens (including phenoxy) is 3. The van der Waals surface area contributed by atoms with Crippen LogP contribution in [0.2, 0.25) is 0 Å². The number of methoxy groups -OCH3 is 1. The Balaban J connectivity index is 2.73. The second-order valence-electron chi connectivity index (χ2n) is 5.76. The standard InChI is InChI=1S/C17H22N4O8/c1-27-14-10-12(6-9-29-17(24)5-2-7-19-20-18)13(21(25)26)11-15(14)28-8-3-4-16(22)23/h10-11H,2-9H2,1H3,(H,22,23). The Morgan fingerprint density at radius 2 is 2.00 bits per heavy atom. The van der Waals surface area contributed by atoms with Crippen molar-refractivity contribution in [3.63, 3.8) is 0 Å². The van der Waals surface area contributed by atoms with Gasteiger partial charge in [-0.1, -0.05) is 5.11 Å². The summed E-state index contributed by atoms with van der Waals surface area (Å²) in [4.78, 5) is 35.5.